The van der Waals surface area contributed by atoms with Gasteiger partial charge in [-0.1, -0.05) is 19.1 Å². The zero-order chi connectivity index (χ0) is 21.5. The van der Waals surface area contributed by atoms with Gasteiger partial charge in [0.25, 0.3) is 5.69 Å². The van der Waals surface area contributed by atoms with Crippen LogP contribution in [0.1, 0.15) is 19.1 Å². The van der Waals surface area contributed by atoms with Gasteiger partial charge in [0.15, 0.2) is 0 Å². The van der Waals surface area contributed by atoms with Crippen LogP contribution in [0.2, 0.25) is 0 Å². The van der Waals surface area contributed by atoms with Crippen LogP contribution >= 0.6 is 0 Å². The number of amides is 2. The van der Waals surface area contributed by atoms with Crippen LogP contribution in [-0.4, -0.2) is 16.7 Å². The van der Waals surface area contributed by atoms with Crippen molar-refractivity contribution in [2.45, 2.75) is 13.3 Å². The Morgan fingerprint density at radius 2 is 1.67 bits per heavy atom. The van der Waals surface area contributed by atoms with Gasteiger partial charge in [0.1, 0.15) is 11.5 Å². The van der Waals surface area contributed by atoms with Crippen molar-refractivity contribution < 1.29 is 18.9 Å². The quantitative estimate of drug-likeness (QED) is 0.331. The Labute approximate surface area is 172 Å². The van der Waals surface area contributed by atoms with Crippen LogP contribution in [0.25, 0.3) is 17.4 Å². The number of carbonyl (C=O) groups excluding carboxylic acids is 2. The van der Waals surface area contributed by atoms with Gasteiger partial charge in [-0.2, -0.15) is 0 Å². The molecule has 0 atom stereocenters. The first-order valence-electron chi connectivity index (χ1n) is 9.19. The molecule has 1 aromatic heterocycles. The molecule has 8 heteroatoms. The Balaban J connectivity index is 1.64. The van der Waals surface area contributed by atoms with Gasteiger partial charge in [-0.25, -0.2) is 0 Å². The number of benzene rings is 2. The summed E-state index contributed by atoms with van der Waals surface area (Å²) in [5.74, 6) is 0.264. The minimum Gasteiger partial charge on any atom is -0.456 e. The third-order valence-electron chi connectivity index (χ3n) is 4.15. The highest BCUT2D eigenvalue weighted by atomic mass is 16.6. The van der Waals surface area contributed by atoms with E-state index in [1.807, 2.05) is 0 Å². The molecule has 0 saturated carbocycles. The SMILES string of the molecule is CCC(=O)Nc1ccc(NC(=O)/C=C/c2ccc(-c3ccccc3[N+](=O)[O-])o2)cc1. The molecule has 3 rings (SSSR count). The van der Waals surface area contributed by atoms with Crippen molar-refractivity contribution in [1.29, 1.82) is 0 Å². The summed E-state index contributed by atoms with van der Waals surface area (Å²) in [7, 11) is 0. The smallest absolute Gasteiger partial charge is 0.280 e. The molecule has 8 nitrogen and oxygen atoms in total. The van der Waals surface area contributed by atoms with E-state index >= 15 is 0 Å². The van der Waals surface area contributed by atoms with Crippen molar-refractivity contribution in [2.24, 2.45) is 0 Å². The maximum absolute atomic E-state index is 12.1. The monoisotopic (exact) mass is 405 g/mol. The largest absolute Gasteiger partial charge is 0.456 e. The lowest BCUT2D eigenvalue weighted by Gasteiger charge is -2.05. The predicted octanol–water partition coefficient (Wildman–Crippen LogP) is 4.86. The van der Waals surface area contributed by atoms with Gasteiger partial charge in [0.05, 0.1) is 10.5 Å². The second-order valence-electron chi connectivity index (χ2n) is 6.28. The molecule has 0 bridgehead atoms. The zero-order valence-electron chi connectivity index (χ0n) is 16.1. The molecule has 152 valence electrons. The van der Waals surface area contributed by atoms with Crippen LogP contribution in [-0.2, 0) is 9.59 Å². The van der Waals surface area contributed by atoms with Gasteiger partial charge in [-0.15, -0.1) is 0 Å². The Morgan fingerprint density at radius 3 is 2.33 bits per heavy atom. The highest BCUT2D eigenvalue weighted by Gasteiger charge is 2.16. The summed E-state index contributed by atoms with van der Waals surface area (Å²) in [5.41, 5.74) is 1.52. The molecule has 2 amide bonds. The van der Waals surface area contributed by atoms with E-state index in [-0.39, 0.29) is 17.5 Å². The first-order chi connectivity index (χ1) is 14.5. The number of carbonyl (C=O) groups is 2. The molecule has 2 N–H and O–H groups in total. The number of nitro groups is 1. The molecular formula is C22H19N3O5. The van der Waals surface area contributed by atoms with Crippen LogP contribution in [0.3, 0.4) is 0 Å². The third kappa shape index (κ3) is 5.20. The fourth-order valence-electron chi connectivity index (χ4n) is 2.66. The van der Waals surface area contributed by atoms with Crippen molar-refractivity contribution >= 4 is 35.0 Å². The van der Waals surface area contributed by atoms with Crippen molar-refractivity contribution in [3.05, 3.63) is 82.6 Å². The Hall–Kier alpha value is -4.20. The van der Waals surface area contributed by atoms with E-state index in [1.54, 1.807) is 61.5 Å². The molecule has 2 aromatic carbocycles. The normalized spacial score (nSPS) is 10.7. The summed E-state index contributed by atoms with van der Waals surface area (Å²) in [4.78, 5) is 34.2. The van der Waals surface area contributed by atoms with Gasteiger partial charge in [0.2, 0.25) is 11.8 Å². The number of anilines is 2. The number of hydrogen-bond acceptors (Lipinski definition) is 5. The molecule has 0 aliphatic heterocycles. The van der Waals surface area contributed by atoms with Crippen LogP contribution in [0, 0.1) is 10.1 Å². The maximum Gasteiger partial charge on any atom is 0.280 e. The lowest BCUT2D eigenvalue weighted by Crippen LogP contribution is -2.10. The number of nitrogens with zero attached hydrogens (tertiary/aromatic N) is 1. The number of furan rings is 1. The summed E-state index contributed by atoms with van der Waals surface area (Å²) in [6.07, 6.45) is 3.16. The molecule has 1 heterocycles. The summed E-state index contributed by atoms with van der Waals surface area (Å²) in [6, 6.07) is 16.3. The van der Waals surface area contributed by atoms with Crippen LogP contribution in [0.4, 0.5) is 17.1 Å². The van der Waals surface area contributed by atoms with E-state index in [4.69, 9.17) is 4.42 Å². The van der Waals surface area contributed by atoms with E-state index in [0.29, 0.717) is 34.9 Å². The summed E-state index contributed by atoms with van der Waals surface area (Å²) in [5, 5.41) is 16.6. The second-order valence-corrected chi connectivity index (χ2v) is 6.28. The van der Waals surface area contributed by atoms with E-state index < -0.39 is 4.92 Å². The minimum atomic E-state index is -0.472. The summed E-state index contributed by atoms with van der Waals surface area (Å²) in [6.45, 7) is 1.76. The lowest BCUT2D eigenvalue weighted by molar-refractivity contribution is -0.384. The molecular weight excluding hydrogens is 386 g/mol. The van der Waals surface area contributed by atoms with Crippen LogP contribution in [0.15, 0.2) is 71.2 Å². The highest BCUT2D eigenvalue weighted by Crippen LogP contribution is 2.31. The molecule has 0 aliphatic rings. The topological polar surface area (TPSA) is 114 Å². The summed E-state index contributed by atoms with van der Waals surface area (Å²) < 4.78 is 5.61. The van der Waals surface area contributed by atoms with Crippen molar-refractivity contribution in [3.8, 4) is 11.3 Å². The Morgan fingerprint density at radius 1 is 1.00 bits per heavy atom. The van der Waals surface area contributed by atoms with Gasteiger partial charge >= 0.3 is 0 Å². The number of nitro benzene ring substituents is 1. The predicted molar refractivity (Wildman–Crippen MR) is 114 cm³/mol. The highest BCUT2D eigenvalue weighted by molar-refractivity contribution is 6.02. The van der Waals surface area contributed by atoms with E-state index in [1.165, 1.54) is 18.2 Å². The fraction of sp³-hybridized carbons (Fsp3) is 0.0909. The lowest BCUT2D eigenvalue weighted by atomic mass is 10.1. The fourth-order valence-corrected chi connectivity index (χ4v) is 2.66. The molecule has 0 saturated heterocycles. The molecule has 3 aromatic rings. The number of nitrogens with one attached hydrogen (secondary N) is 2. The van der Waals surface area contributed by atoms with E-state index in [2.05, 4.69) is 10.6 Å². The molecule has 0 fully saturated rings. The number of rotatable bonds is 7. The standard InChI is InChI=1S/C22H19N3O5/c1-2-21(26)23-15-7-9-16(10-8-15)24-22(27)14-12-17-11-13-20(30-17)18-5-3-4-6-19(18)25(28)29/h3-14H,2H2,1H3,(H,23,26)(H,24,27)/b14-12+. The number of hydrogen-bond donors (Lipinski definition) is 2. The molecule has 30 heavy (non-hydrogen) atoms. The number of para-hydroxylation sites is 1. The second kappa shape index (κ2) is 9.33. The van der Waals surface area contributed by atoms with Crippen molar-refractivity contribution in [3.63, 3.8) is 0 Å². The van der Waals surface area contributed by atoms with Gasteiger partial charge in [-0.3, -0.25) is 19.7 Å². The van der Waals surface area contributed by atoms with Crippen LogP contribution < -0.4 is 10.6 Å². The third-order valence-corrected chi connectivity index (χ3v) is 4.15. The maximum atomic E-state index is 12.1. The molecule has 0 spiro atoms. The average Bonchev–Trinajstić information content (AvgIpc) is 3.22. The van der Waals surface area contributed by atoms with Gasteiger partial charge in [0, 0.05) is 29.9 Å². The first-order valence-corrected chi connectivity index (χ1v) is 9.19. The minimum absolute atomic E-state index is 0.0568. The van der Waals surface area contributed by atoms with E-state index in [9.17, 15) is 19.7 Å². The Bertz CT molecular complexity index is 1100. The zero-order valence-corrected chi connectivity index (χ0v) is 16.1. The summed E-state index contributed by atoms with van der Waals surface area (Å²) >= 11 is 0. The van der Waals surface area contributed by atoms with Crippen molar-refractivity contribution in [1.82, 2.24) is 0 Å². The Kier molecular flexibility index (Phi) is 6.39. The van der Waals surface area contributed by atoms with Crippen LogP contribution in [0.5, 0.6) is 0 Å². The molecule has 0 aliphatic carbocycles. The average molecular weight is 405 g/mol. The first kappa shape index (κ1) is 20.5. The van der Waals surface area contributed by atoms with E-state index in [0.717, 1.165) is 0 Å². The van der Waals surface area contributed by atoms with Gasteiger partial charge < -0.3 is 15.1 Å². The molecule has 0 radical (unpaired) electrons. The molecule has 0 unspecified atom stereocenters. The van der Waals surface area contributed by atoms with Crippen molar-refractivity contribution in [2.75, 3.05) is 10.6 Å². The van der Waals surface area contributed by atoms with Gasteiger partial charge in [-0.05, 0) is 48.5 Å².